The Balaban J connectivity index is 0.00000242. The van der Waals surface area contributed by atoms with Gasteiger partial charge in [0.1, 0.15) is 0 Å². The zero-order valence-corrected chi connectivity index (χ0v) is 16.2. The first-order valence-corrected chi connectivity index (χ1v) is 7.89. The first kappa shape index (κ1) is 19.2. The molecule has 4 nitrogen and oxygen atoms in total. The lowest BCUT2D eigenvalue weighted by atomic mass is 9.98. The molecule has 0 amide bonds. The summed E-state index contributed by atoms with van der Waals surface area (Å²) in [6.07, 6.45) is 2.61. The van der Waals surface area contributed by atoms with Crippen LogP contribution in [0.3, 0.4) is 0 Å². The maximum Gasteiger partial charge on any atom is 0.191 e. The van der Waals surface area contributed by atoms with Crippen molar-refractivity contribution in [3.63, 3.8) is 0 Å². The standard InChI is InChI=1S/C17H28N4.HI/c1-14(16-9-5-4-6-10-16)20-17(18-2)19-12-15-8-7-11-21(3)13-15;/h4-6,9-10,14-15H,7-8,11-13H2,1-3H3,(H2,18,19,20);1H. The Labute approximate surface area is 151 Å². The van der Waals surface area contributed by atoms with E-state index in [0.717, 1.165) is 12.5 Å². The summed E-state index contributed by atoms with van der Waals surface area (Å²) < 4.78 is 0. The molecule has 5 heteroatoms. The molecule has 22 heavy (non-hydrogen) atoms. The fourth-order valence-electron chi connectivity index (χ4n) is 2.91. The van der Waals surface area contributed by atoms with Crippen molar-refractivity contribution in [2.75, 3.05) is 33.7 Å². The van der Waals surface area contributed by atoms with Gasteiger partial charge in [0.15, 0.2) is 5.96 Å². The van der Waals surface area contributed by atoms with Gasteiger partial charge in [-0.15, -0.1) is 24.0 Å². The van der Waals surface area contributed by atoms with Crippen LogP contribution in [-0.4, -0.2) is 44.6 Å². The summed E-state index contributed by atoms with van der Waals surface area (Å²) in [4.78, 5) is 6.75. The number of benzene rings is 1. The van der Waals surface area contributed by atoms with Crippen molar-refractivity contribution < 1.29 is 0 Å². The molecule has 0 saturated carbocycles. The normalized spacial score (nSPS) is 20.9. The summed E-state index contributed by atoms with van der Waals surface area (Å²) >= 11 is 0. The maximum absolute atomic E-state index is 4.34. The Morgan fingerprint density at radius 3 is 2.73 bits per heavy atom. The first-order valence-electron chi connectivity index (χ1n) is 7.89. The van der Waals surface area contributed by atoms with E-state index < -0.39 is 0 Å². The fraction of sp³-hybridized carbons (Fsp3) is 0.588. The van der Waals surface area contributed by atoms with Crippen LogP contribution in [0.4, 0.5) is 0 Å². The molecule has 1 heterocycles. The SMILES string of the molecule is CN=C(NCC1CCCN(C)C1)NC(C)c1ccccc1.I. The smallest absolute Gasteiger partial charge is 0.191 e. The number of rotatable bonds is 4. The van der Waals surface area contributed by atoms with Gasteiger partial charge >= 0.3 is 0 Å². The molecule has 1 aromatic carbocycles. The van der Waals surface area contributed by atoms with Crippen molar-refractivity contribution in [3.8, 4) is 0 Å². The summed E-state index contributed by atoms with van der Waals surface area (Å²) in [6.45, 7) is 5.56. The summed E-state index contributed by atoms with van der Waals surface area (Å²) in [6, 6.07) is 10.7. The molecule has 2 N–H and O–H groups in total. The topological polar surface area (TPSA) is 39.7 Å². The highest BCUT2D eigenvalue weighted by Crippen LogP contribution is 2.14. The molecule has 2 rings (SSSR count). The molecule has 0 aliphatic carbocycles. The molecule has 1 aliphatic heterocycles. The van der Waals surface area contributed by atoms with Crippen molar-refractivity contribution in [1.29, 1.82) is 0 Å². The maximum atomic E-state index is 4.34. The van der Waals surface area contributed by atoms with Crippen molar-refractivity contribution in [3.05, 3.63) is 35.9 Å². The predicted molar refractivity (Wildman–Crippen MR) is 105 cm³/mol. The Kier molecular flexibility index (Phi) is 8.78. The summed E-state index contributed by atoms with van der Waals surface area (Å²) in [7, 11) is 4.04. The van der Waals surface area contributed by atoms with E-state index in [2.05, 4.69) is 58.8 Å². The largest absolute Gasteiger partial charge is 0.356 e. The van der Waals surface area contributed by atoms with Gasteiger partial charge in [-0.1, -0.05) is 30.3 Å². The molecule has 0 radical (unpaired) electrons. The number of hydrogen-bond acceptors (Lipinski definition) is 2. The van der Waals surface area contributed by atoms with Crippen molar-refractivity contribution >= 4 is 29.9 Å². The number of likely N-dealkylation sites (tertiary alicyclic amines) is 1. The molecule has 1 saturated heterocycles. The van der Waals surface area contributed by atoms with Crippen LogP contribution >= 0.6 is 24.0 Å². The minimum Gasteiger partial charge on any atom is -0.356 e. The molecule has 1 aromatic rings. The third-order valence-electron chi connectivity index (χ3n) is 4.16. The molecule has 1 fully saturated rings. The second kappa shape index (κ2) is 10.0. The second-order valence-electron chi connectivity index (χ2n) is 6.00. The van der Waals surface area contributed by atoms with Gasteiger partial charge in [-0.05, 0) is 44.8 Å². The van der Waals surface area contributed by atoms with Crippen LogP contribution in [0.15, 0.2) is 35.3 Å². The molecule has 2 unspecified atom stereocenters. The van der Waals surface area contributed by atoms with Crippen LogP contribution in [0.25, 0.3) is 0 Å². The van der Waals surface area contributed by atoms with Gasteiger partial charge in [-0.2, -0.15) is 0 Å². The third kappa shape index (κ3) is 6.12. The molecule has 124 valence electrons. The molecule has 1 aliphatic rings. The molecule has 0 aromatic heterocycles. The molecule has 0 bridgehead atoms. The number of halogens is 1. The highest BCUT2D eigenvalue weighted by molar-refractivity contribution is 14.0. The average molecular weight is 416 g/mol. The number of guanidine groups is 1. The second-order valence-corrected chi connectivity index (χ2v) is 6.00. The van der Waals surface area contributed by atoms with E-state index >= 15 is 0 Å². The van der Waals surface area contributed by atoms with Crippen molar-refractivity contribution in [1.82, 2.24) is 15.5 Å². The monoisotopic (exact) mass is 416 g/mol. The summed E-state index contributed by atoms with van der Waals surface area (Å²) in [5.74, 6) is 1.61. The van der Waals surface area contributed by atoms with Crippen molar-refractivity contribution in [2.45, 2.75) is 25.8 Å². The minimum absolute atomic E-state index is 0. The number of aliphatic imine (C=N–C) groups is 1. The van der Waals surface area contributed by atoms with E-state index in [-0.39, 0.29) is 30.0 Å². The Bertz CT molecular complexity index is 449. The van der Waals surface area contributed by atoms with Gasteiger partial charge < -0.3 is 15.5 Å². The van der Waals surface area contributed by atoms with Gasteiger partial charge in [0.2, 0.25) is 0 Å². The van der Waals surface area contributed by atoms with Gasteiger partial charge in [0, 0.05) is 20.1 Å². The highest BCUT2D eigenvalue weighted by Gasteiger charge is 2.17. The Morgan fingerprint density at radius 2 is 2.09 bits per heavy atom. The van der Waals surface area contributed by atoms with E-state index in [1.807, 2.05) is 13.1 Å². The molecular formula is C17H29IN4. The van der Waals surface area contributed by atoms with E-state index in [1.165, 1.54) is 31.5 Å². The van der Waals surface area contributed by atoms with Crippen molar-refractivity contribution in [2.24, 2.45) is 10.9 Å². The predicted octanol–water partition coefficient (Wildman–Crippen LogP) is 2.87. The molecule has 2 atom stereocenters. The quantitative estimate of drug-likeness (QED) is 0.451. The fourth-order valence-corrected chi connectivity index (χ4v) is 2.91. The first-order chi connectivity index (χ1) is 10.2. The third-order valence-corrected chi connectivity index (χ3v) is 4.16. The molecular weight excluding hydrogens is 387 g/mol. The number of nitrogens with one attached hydrogen (secondary N) is 2. The molecule has 0 spiro atoms. The van der Waals surface area contributed by atoms with Crippen LogP contribution in [0.5, 0.6) is 0 Å². The van der Waals surface area contributed by atoms with E-state index in [1.54, 1.807) is 0 Å². The Morgan fingerprint density at radius 1 is 1.36 bits per heavy atom. The van der Waals surface area contributed by atoms with Crippen LogP contribution in [0.2, 0.25) is 0 Å². The number of nitrogens with zero attached hydrogens (tertiary/aromatic N) is 2. The minimum atomic E-state index is 0. The van der Waals surface area contributed by atoms with Gasteiger partial charge in [0.05, 0.1) is 6.04 Å². The van der Waals surface area contributed by atoms with Crippen LogP contribution in [0.1, 0.15) is 31.4 Å². The zero-order valence-electron chi connectivity index (χ0n) is 13.9. The van der Waals surface area contributed by atoms with E-state index in [9.17, 15) is 0 Å². The van der Waals surface area contributed by atoms with Gasteiger partial charge in [-0.25, -0.2) is 0 Å². The lowest BCUT2D eigenvalue weighted by molar-refractivity contribution is 0.210. The lowest BCUT2D eigenvalue weighted by Crippen LogP contribution is -2.44. The van der Waals surface area contributed by atoms with Crippen LogP contribution in [-0.2, 0) is 0 Å². The summed E-state index contributed by atoms with van der Waals surface area (Å²) in [5.41, 5.74) is 1.28. The average Bonchev–Trinajstić information content (AvgIpc) is 2.52. The lowest BCUT2D eigenvalue weighted by Gasteiger charge is -2.30. The summed E-state index contributed by atoms with van der Waals surface area (Å²) in [5, 5.41) is 6.93. The van der Waals surface area contributed by atoms with Gasteiger partial charge in [0.25, 0.3) is 0 Å². The number of piperidine rings is 1. The van der Waals surface area contributed by atoms with Crippen LogP contribution in [0, 0.1) is 5.92 Å². The van der Waals surface area contributed by atoms with E-state index in [4.69, 9.17) is 0 Å². The van der Waals surface area contributed by atoms with E-state index in [0.29, 0.717) is 5.92 Å². The van der Waals surface area contributed by atoms with Gasteiger partial charge in [-0.3, -0.25) is 4.99 Å². The zero-order chi connectivity index (χ0) is 15.1. The highest BCUT2D eigenvalue weighted by atomic mass is 127. The Hall–Kier alpha value is -0.820. The van der Waals surface area contributed by atoms with Crippen LogP contribution < -0.4 is 10.6 Å². The number of hydrogen-bond donors (Lipinski definition) is 2.